The summed E-state index contributed by atoms with van der Waals surface area (Å²) in [6, 6.07) is 16.2. The number of sulfonamides is 1. The van der Waals surface area contributed by atoms with Crippen LogP contribution in [0.15, 0.2) is 59.5 Å². The summed E-state index contributed by atoms with van der Waals surface area (Å²) in [5.41, 5.74) is 1.71. The molecule has 1 aliphatic rings. The van der Waals surface area contributed by atoms with Gasteiger partial charge in [-0.1, -0.05) is 43.2 Å². The standard InChI is InChI=1S/C22H27N3O3S2/c26-21(15-10-18-8-4-3-5-9-18)24-22(29)23-19-11-13-20(14-12-19)30(27,28)25-16-6-1-2-7-17-25/h3-5,8-9,11-14H,1-2,6-7,10,15-17H2,(H2,23,24,26,29). The third-order valence-electron chi connectivity index (χ3n) is 5.05. The molecule has 2 N–H and O–H groups in total. The molecule has 6 nitrogen and oxygen atoms in total. The summed E-state index contributed by atoms with van der Waals surface area (Å²) in [7, 11) is -3.48. The van der Waals surface area contributed by atoms with Gasteiger partial charge in [0.05, 0.1) is 4.90 Å². The number of rotatable bonds is 6. The molecular formula is C22H27N3O3S2. The van der Waals surface area contributed by atoms with Crippen LogP contribution < -0.4 is 10.6 Å². The first-order valence-corrected chi connectivity index (χ1v) is 12.0. The van der Waals surface area contributed by atoms with Crippen LogP contribution in [0.4, 0.5) is 5.69 Å². The van der Waals surface area contributed by atoms with Crippen molar-refractivity contribution in [2.75, 3.05) is 18.4 Å². The molecule has 0 spiro atoms. The third-order valence-corrected chi connectivity index (χ3v) is 7.17. The molecule has 2 aromatic rings. The van der Waals surface area contributed by atoms with Gasteiger partial charge in [-0.05, 0) is 61.3 Å². The van der Waals surface area contributed by atoms with Gasteiger partial charge in [-0.2, -0.15) is 4.31 Å². The Balaban J connectivity index is 1.52. The van der Waals surface area contributed by atoms with Crippen molar-refractivity contribution >= 4 is 38.9 Å². The van der Waals surface area contributed by atoms with Crippen molar-refractivity contribution in [2.24, 2.45) is 0 Å². The van der Waals surface area contributed by atoms with E-state index in [0.29, 0.717) is 31.6 Å². The molecule has 0 radical (unpaired) electrons. The SMILES string of the molecule is O=C(CCc1ccccc1)NC(=S)Nc1ccc(S(=O)(=O)N2CCCCCC2)cc1. The molecule has 0 saturated carbocycles. The van der Waals surface area contributed by atoms with E-state index in [2.05, 4.69) is 10.6 Å². The van der Waals surface area contributed by atoms with E-state index in [1.54, 1.807) is 28.6 Å². The van der Waals surface area contributed by atoms with E-state index < -0.39 is 10.0 Å². The molecule has 1 heterocycles. The highest BCUT2D eigenvalue weighted by molar-refractivity contribution is 7.89. The first-order chi connectivity index (χ1) is 14.4. The summed E-state index contributed by atoms with van der Waals surface area (Å²) in [6.45, 7) is 1.14. The monoisotopic (exact) mass is 445 g/mol. The molecule has 30 heavy (non-hydrogen) atoms. The predicted molar refractivity (Wildman–Crippen MR) is 123 cm³/mol. The van der Waals surface area contributed by atoms with Crippen LogP contribution in [-0.2, 0) is 21.2 Å². The van der Waals surface area contributed by atoms with Crippen molar-refractivity contribution in [1.82, 2.24) is 9.62 Å². The number of carbonyl (C=O) groups excluding carboxylic acids is 1. The second-order valence-corrected chi connectivity index (χ2v) is 9.68. The zero-order chi connectivity index (χ0) is 21.4. The number of nitrogens with one attached hydrogen (secondary N) is 2. The van der Waals surface area contributed by atoms with Gasteiger partial charge < -0.3 is 10.6 Å². The van der Waals surface area contributed by atoms with Crippen molar-refractivity contribution < 1.29 is 13.2 Å². The molecule has 0 aliphatic carbocycles. The summed E-state index contributed by atoms with van der Waals surface area (Å²) in [5.74, 6) is -0.170. The maximum absolute atomic E-state index is 12.8. The van der Waals surface area contributed by atoms with Gasteiger partial charge in [0, 0.05) is 25.2 Å². The second-order valence-electron chi connectivity index (χ2n) is 7.33. The molecule has 0 bridgehead atoms. The smallest absolute Gasteiger partial charge is 0.243 e. The average Bonchev–Trinajstić information content (AvgIpc) is 3.03. The van der Waals surface area contributed by atoms with Crippen LogP contribution in [0.25, 0.3) is 0 Å². The van der Waals surface area contributed by atoms with Gasteiger partial charge in [0.25, 0.3) is 0 Å². The molecule has 1 aliphatic heterocycles. The molecule has 1 amide bonds. The van der Waals surface area contributed by atoms with E-state index in [-0.39, 0.29) is 15.9 Å². The van der Waals surface area contributed by atoms with Gasteiger partial charge in [-0.25, -0.2) is 8.42 Å². The Bertz CT molecular complexity index is 953. The van der Waals surface area contributed by atoms with Crippen molar-refractivity contribution in [3.63, 3.8) is 0 Å². The van der Waals surface area contributed by atoms with Gasteiger partial charge in [0.15, 0.2) is 5.11 Å². The van der Waals surface area contributed by atoms with Gasteiger partial charge in [-0.3, -0.25) is 4.79 Å². The molecule has 8 heteroatoms. The largest absolute Gasteiger partial charge is 0.332 e. The predicted octanol–water partition coefficient (Wildman–Crippen LogP) is 3.70. The second kappa shape index (κ2) is 10.7. The first kappa shape index (κ1) is 22.4. The number of nitrogens with zero attached hydrogens (tertiary/aromatic N) is 1. The maximum atomic E-state index is 12.8. The fourth-order valence-electron chi connectivity index (χ4n) is 3.40. The van der Waals surface area contributed by atoms with Crippen molar-refractivity contribution in [3.05, 3.63) is 60.2 Å². The minimum atomic E-state index is -3.48. The Hall–Kier alpha value is -2.29. The van der Waals surface area contributed by atoms with E-state index in [4.69, 9.17) is 12.2 Å². The molecule has 160 valence electrons. The van der Waals surface area contributed by atoms with Crippen LogP contribution in [0, 0.1) is 0 Å². The molecule has 1 saturated heterocycles. The van der Waals surface area contributed by atoms with E-state index >= 15 is 0 Å². The summed E-state index contributed by atoms with van der Waals surface area (Å²) in [4.78, 5) is 12.4. The Morgan fingerprint density at radius 3 is 2.20 bits per heavy atom. The topological polar surface area (TPSA) is 78.5 Å². The Kier molecular flexibility index (Phi) is 7.95. The number of hydrogen-bond acceptors (Lipinski definition) is 4. The zero-order valence-corrected chi connectivity index (χ0v) is 18.5. The van der Waals surface area contributed by atoms with Gasteiger partial charge in [0.2, 0.25) is 15.9 Å². The highest BCUT2D eigenvalue weighted by atomic mass is 32.2. The molecule has 3 rings (SSSR count). The lowest BCUT2D eigenvalue weighted by molar-refractivity contribution is -0.119. The molecule has 0 unspecified atom stereocenters. The van der Waals surface area contributed by atoms with Crippen molar-refractivity contribution in [2.45, 2.75) is 43.4 Å². The minimum absolute atomic E-state index is 0.170. The lowest BCUT2D eigenvalue weighted by Gasteiger charge is -2.20. The Morgan fingerprint density at radius 1 is 0.933 bits per heavy atom. The van der Waals surface area contributed by atoms with Crippen LogP contribution in [0.1, 0.15) is 37.7 Å². The number of hydrogen-bond donors (Lipinski definition) is 2. The Morgan fingerprint density at radius 2 is 1.57 bits per heavy atom. The highest BCUT2D eigenvalue weighted by Gasteiger charge is 2.24. The van der Waals surface area contributed by atoms with Crippen LogP contribution in [0.3, 0.4) is 0 Å². The minimum Gasteiger partial charge on any atom is -0.332 e. The Labute approximate surface area is 183 Å². The molecule has 1 fully saturated rings. The molecule has 0 aromatic heterocycles. The van der Waals surface area contributed by atoms with Gasteiger partial charge in [0.1, 0.15) is 0 Å². The lowest BCUT2D eigenvalue weighted by atomic mass is 10.1. The fraction of sp³-hybridized carbons (Fsp3) is 0.364. The van der Waals surface area contributed by atoms with Crippen LogP contribution >= 0.6 is 12.2 Å². The van der Waals surface area contributed by atoms with E-state index in [9.17, 15) is 13.2 Å². The summed E-state index contributed by atoms with van der Waals surface area (Å²) in [5, 5.41) is 5.78. The number of carbonyl (C=O) groups is 1. The average molecular weight is 446 g/mol. The maximum Gasteiger partial charge on any atom is 0.243 e. The number of anilines is 1. The summed E-state index contributed by atoms with van der Waals surface area (Å²) >= 11 is 5.20. The molecule has 2 aromatic carbocycles. The van der Waals surface area contributed by atoms with Crippen LogP contribution in [0.5, 0.6) is 0 Å². The number of amides is 1. The first-order valence-electron chi connectivity index (χ1n) is 10.2. The summed E-state index contributed by atoms with van der Waals surface area (Å²) in [6.07, 6.45) is 4.91. The normalized spacial score (nSPS) is 15.2. The van der Waals surface area contributed by atoms with E-state index in [0.717, 1.165) is 31.2 Å². The van der Waals surface area contributed by atoms with Gasteiger partial charge in [-0.15, -0.1) is 0 Å². The quantitative estimate of drug-likeness (QED) is 0.663. The zero-order valence-electron chi connectivity index (χ0n) is 16.8. The van der Waals surface area contributed by atoms with E-state index in [1.165, 1.54) is 0 Å². The highest BCUT2D eigenvalue weighted by Crippen LogP contribution is 2.21. The fourth-order valence-corrected chi connectivity index (χ4v) is 5.14. The van der Waals surface area contributed by atoms with Crippen LogP contribution in [-0.4, -0.2) is 36.8 Å². The molecular weight excluding hydrogens is 418 g/mol. The molecule has 0 atom stereocenters. The van der Waals surface area contributed by atoms with Crippen molar-refractivity contribution in [1.29, 1.82) is 0 Å². The van der Waals surface area contributed by atoms with E-state index in [1.807, 2.05) is 30.3 Å². The van der Waals surface area contributed by atoms with Crippen molar-refractivity contribution in [3.8, 4) is 0 Å². The number of benzene rings is 2. The van der Waals surface area contributed by atoms with Gasteiger partial charge >= 0.3 is 0 Å². The summed E-state index contributed by atoms with van der Waals surface area (Å²) < 4.78 is 27.2. The van der Waals surface area contributed by atoms with Crippen LogP contribution in [0.2, 0.25) is 0 Å². The number of thiocarbonyl (C=S) groups is 1. The number of aryl methyl sites for hydroxylation is 1. The third kappa shape index (κ3) is 6.35. The lowest BCUT2D eigenvalue weighted by Crippen LogP contribution is -2.34.